The first-order valence-electron chi connectivity index (χ1n) is 8.83. The van der Waals surface area contributed by atoms with Gasteiger partial charge in [0.2, 0.25) is 0 Å². The van der Waals surface area contributed by atoms with E-state index in [1.807, 2.05) is 73.0 Å². The van der Waals surface area contributed by atoms with E-state index in [1.54, 1.807) is 11.3 Å². The number of amides is 1. The summed E-state index contributed by atoms with van der Waals surface area (Å²) in [4.78, 5) is 14.2. The summed E-state index contributed by atoms with van der Waals surface area (Å²) in [5, 5.41) is 5.03. The molecule has 1 N–H and O–H groups in total. The Labute approximate surface area is 163 Å². The number of rotatable bonds is 4. The molecule has 0 atom stereocenters. The maximum atomic E-state index is 13.1. The molecular weight excluding hydrogens is 350 g/mol. The van der Waals surface area contributed by atoms with E-state index < -0.39 is 0 Å². The average Bonchev–Trinajstić information content (AvgIpc) is 3.16. The number of aryl methyl sites for hydroxylation is 1. The molecule has 0 fully saturated rings. The highest BCUT2D eigenvalue weighted by atomic mass is 32.1. The Morgan fingerprint density at radius 1 is 0.778 bits per heavy atom. The lowest BCUT2D eigenvalue weighted by Crippen LogP contribution is -2.13. The largest absolute Gasteiger partial charge is 0.322 e. The number of para-hydroxylation sites is 1. The summed E-state index contributed by atoms with van der Waals surface area (Å²) in [6.45, 7) is 2.00. The molecule has 132 valence electrons. The van der Waals surface area contributed by atoms with Crippen molar-refractivity contribution >= 4 is 22.9 Å². The van der Waals surface area contributed by atoms with Gasteiger partial charge in [0.05, 0.1) is 5.56 Å². The molecule has 27 heavy (non-hydrogen) atoms. The highest BCUT2D eigenvalue weighted by Crippen LogP contribution is 2.40. The molecule has 0 aliphatic heterocycles. The van der Waals surface area contributed by atoms with Crippen LogP contribution >= 0.6 is 11.3 Å². The second kappa shape index (κ2) is 7.60. The first-order chi connectivity index (χ1) is 13.2. The van der Waals surface area contributed by atoms with Gasteiger partial charge in [-0.1, -0.05) is 78.9 Å². The SMILES string of the molecule is Cc1ccccc1NC(=O)c1csc(-c2ccccc2)c1-c1ccccc1. The number of nitrogens with one attached hydrogen (secondary N) is 1. The van der Waals surface area contributed by atoms with Gasteiger partial charge in [0, 0.05) is 21.5 Å². The monoisotopic (exact) mass is 369 g/mol. The Morgan fingerprint density at radius 2 is 1.37 bits per heavy atom. The minimum absolute atomic E-state index is 0.0819. The lowest BCUT2D eigenvalue weighted by atomic mass is 9.98. The fraction of sp³-hybridized carbons (Fsp3) is 0.0417. The Balaban J connectivity index is 1.80. The van der Waals surface area contributed by atoms with Gasteiger partial charge >= 0.3 is 0 Å². The van der Waals surface area contributed by atoms with Gasteiger partial charge in [-0.25, -0.2) is 0 Å². The van der Waals surface area contributed by atoms with Gasteiger partial charge in [-0.3, -0.25) is 4.79 Å². The van der Waals surface area contributed by atoms with Crippen LogP contribution in [0.3, 0.4) is 0 Å². The maximum Gasteiger partial charge on any atom is 0.257 e. The van der Waals surface area contributed by atoms with Gasteiger partial charge in [0.25, 0.3) is 5.91 Å². The summed E-state index contributed by atoms with van der Waals surface area (Å²) < 4.78 is 0. The van der Waals surface area contributed by atoms with E-state index in [0.717, 1.165) is 32.8 Å². The predicted octanol–water partition coefficient (Wildman–Crippen LogP) is 6.64. The van der Waals surface area contributed by atoms with Crippen molar-refractivity contribution in [2.75, 3.05) is 5.32 Å². The van der Waals surface area contributed by atoms with Crippen molar-refractivity contribution < 1.29 is 4.79 Å². The van der Waals surface area contributed by atoms with E-state index >= 15 is 0 Å². The van der Waals surface area contributed by atoms with Crippen molar-refractivity contribution in [2.45, 2.75) is 6.92 Å². The fourth-order valence-corrected chi connectivity index (χ4v) is 4.20. The van der Waals surface area contributed by atoms with Crippen LogP contribution < -0.4 is 5.32 Å². The molecule has 1 amide bonds. The molecule has 1 aromatic heterocycles. The molecule has 0 spiro atoms. The first kappa shape index (κ1) is 17.3. The molecule has 0 radical (unpaired) electrons. The van der Waals surface area contributed by atoms with Crippen molar-refractivity contribution in [1.29, 1.82) is 0 Å². The second-order valence-electron chi connectivity index (χ2n) is 6.35. The first-order valence-corrected chi connectivity index (χ1v) is 9.71. The maximum absolute atomic E-state index is 13.1. The molecule has 0 aliphatic rings. The highest BCUT2D eigenvalue weighted by Gasteiger charge is 2.20. The summed E-state index contributed by atoms with van der Waals surface area (Å²) in [7, 11) is 0. The molecule has 3 aromatic carbocycles. The third kappa shape index (κ3) is 3.55. The zero-order chi connectivity index (χ0) is 18.6. The van der Waals surface area contributed by atoms with E-state index in [2.05, 4.69) is 29.6 Å². The molecule has 2 nitrogen and oxygen atoms in total. The molecule has 0 saturated heterocycles. The number of anilines is 1. The van der Waals surface area contributed by atoms with Crippen LogP contribution in [0.2, 0.25) is 0 Å². The van der Waals surface area contributed by atoms with Crippen LogP contribution in [0.4, 0.5) is 5.69 Å². The molecule has 4 aromatic rings. The molecular formula is C24H19NOS. The third-order valence-electron chi connectivity index (χ3n) is 4.53. The quantitative estimate of drug-likeness (QED) is 0.429. The van der Waals surface area contributed by atoms with E-state index in [0.29, 0.717) is 5.56 Å². The van der Waals surface area contributed by atoms with Crippen LogP contribution in [0.5, 0.6) is 0 Å². The van der Waals surface area contributed by atoms with Crippen molar-refractivity contribution in [3.63, 3.8) is 0 Å². The summed E-state index contributed by atoms with van der Waals surface area (Å²) >= 11 is 1.61. The summed E-state index contributed by atoms with van der Waals surface area (Å²) in [5.74, 6) is -0.0819. The highest BCUT2D eigenvalue weighted by molar-refractivity contribution is 7.14. The van der Waals surface area contributed by atoms with E-state index in [4.69, 9.17) is 0 Å². The zero-order valence-corrected chi connectivity index (χ0v) is 15.8. The van der Waals surface area contributed by atoms with Crippen LogP contribution in [0, 0.1) is 6.92 Å². The van der Waals surface area contributed by atoms with Crippen molar-refractivity contribution in [2.24, 2.45) is 0 Å². The average molecular weight is 369 g/mol. The zero-order valence-electron chi connectivity index (χ0n) is 15.0. The van der Waals surface area contributed by atoms with Gasteiger partial charge in [0.15, 0.2) is 0 Å². The Hall–Kier alpha value is -3.17. The lowest BCUT2D eigenvalue weighted by Gasteiger charge is -2.11. The van der Waals surface area contributed by atoms with Crippen LogP contribution in [-0.2, 0) is 0 Å². The topological polar surface area (TPSA) is 29.1 Å². The van der Waals surface area contributed by atoms with Crippen molar-refractivity contribution in [3.8, 4) is 21.6 Å². The smallest absolute Gasteiger partial charge is 0.257 e. The number of carbonyl (C=O) groups is 1. The molecule has 4 rings (SSSR count). The predicted molar refractivity (Wildman–Crippen MR) is 114 cm³/mol. The molecule has 0 aliphatic carbocycles. The number of hydrogen-bond acceptors (Lipinski definition) is 2. The van der Waals surface area contributed by atoms with Gasteiger partial charge in [-0.15, -0.1) is 11.3 Å². The van der Waals surface area contributed by atoms with Crippen LogP contribution in [-0.4, -0.2) is 5.91 Å². The third-order valence-corrected chi connectivity index (χ3v) is 5.56. The number of carbonyl (C=O) groups excluding carboxylic acids is 1. The van der Waals surface area contributed by atoms with E-state index in [9.17, 15) is 4.79 Å². The number of thiophene rings is 1. The Bertz CT molecular complexity index is 1070. The minimum atomic E-state index is -0.0819. The molecule has 1 heterocycles. The summed E-state index contributed by atoms with van der Waals surface area (Å²) in [6, 6.07) is 28.2. The Kier molecular flexibility index (Phi) is 4.86. The normalized spacial score (nSPS) is 10.6. The van der Waals surface area contributed by atoms with Crippen molar-refractivity contribution in [3.05, 3.63) is 101 Å². The van der Waals surface area contributed by atoms with Gasteiger partial charge in [-0.05, 0) is 29.7 Å². The summed E-state index contributed by atoms with van der Waals surface area (Å²) in [5.41, 5.74) is 5.75. The molecule has 0 unspecified atom stereocenters. The lowest BCUT2D eigenvalue weighted by molar-refractivity contribution is 0.102. The molecule has 0 saturated carbocycles. The van der Waals surface area contributed by atoms with Crippen molar-refractivity contribution in [1.82, 2.24) is 0 Å². The Morgan fingerprint density at radius 3 is 2.04 bits per heavy atom. The molecule has 0 bridgehead atoms. The summed E-state index contributed by atoms with van der Waals surface area (Å²) in [6.07, 6.45) is 0. The van der Waals surface area contributed by atoms with Crippen LogP contribution in [0.15, 0.2) is 90.3 Å². The second-order valence-corrected chi connectivity index (χ2v) is 7.23. The van der Waals surface area contributed by atoms with Gasteiger partial charge in [-0.2, -0.15) is 0 Å². The van der Waals surface area contributed by atoms with Gasteiger partial charge < -0.3 is 5.32 Å². The van der Waals surface area contributed by atoms with E-state index in [-0.39, 0.29) is 5.91 Å². The number of hydrogen-bond donors (Lipinski definition) is 1. The minimum Gasteiger partial charge on any atom is -0.322 e. The number of benzene rings is 3. The van der Waals surface area contributed by atoms with Crippen LogP contribution in [0.1, 0.15) is 15.9 Å². The van der Waals surface area contributed by atoms with Crippen LogP contribution in [0.25, 0.3) is 21.6 Å². The molecule has 3 heteroatoms. The van der Waals surface area contributed by atoms with Gasteiger partial charge in [0.1, 0.15) is 0 Å². The standard InChI is InChI=1S/C24H19NOS/c1-17-10-8-9-15-21(17)25-24(26)20-16-27-23(19-13-6-3-7-14-19)22(20)18-11-4-2-5-12-18/h2-16H,1H3,(H,25,26). The fourth-order valence-electron chi connectivity index (χ4n) is 3.12. The van der Waals surface area contributed by atoms with E-state index in [1.165, 1.54) is 0 Å².